The Kier molecular flexibility index (Phi) is 6.49. The van der Waals surface area contributed by atoms with Gasteiger partial charge in [0.2, 0.25) is 0 Å². The molecule has 0 saturated carbocycles. The number of hydrogen-bond acceptors (Lipinski definition) is 6. The summed E-state index contributed by atoms with van der Waals surface area (Å²) in [6.45, 7) is 0.663. The van der Waals surface area contributed by atoms with Gasteiger partial charge < -0.3 is 24.1 Å². The second kappa shape index (κ2) is 9.05. The smallest absolute Gasteiger partial charge is 0.320 e. The maximum Gasteiger partial charge on any atom is 0.320 e. The molecular weight excluding hydrogens is 374 g/mol. The first-order valence-electron chi connectivity index (χ1n) is 9.46. The van der Waals surface area contributed by atoms with Crippen molar-refractivity contribution in [3.63, 3.8) is 0 Å². The molecule has 0 bridgehead atoms. The van der Waals surface area contributed by atoms with Gasteiger partial charge in [0.1, 0.15) is 17.5 Å². The van der Waals surface area contributed by atoms with Crippen LogP contribution < -0.4 is 18.9 Å². The lowest BCUT2D eigenvalue weighted by Gasteiger charge is -2.33. The molecule has 0 aliphatic carbocycles. The fourth-order valence-electron chi connectivity index (χ4n) is 3.99. The quantitative estimate of drug-likeness (QED) is 0.727. The zero-order chi connectivity index (χ0) is 21.0. The number of carboxylic acid groups (broad SMARTS) is 1. The van der Waals surface area contributed by atoms with Gasteiger partial charge in [-0.2, -0.15) is 0 Å². The van der Waals surface area contributed by atoms with Crippen LogP contribution in [0.2, 0.25) is 0 Å². The van der Waals surface area contributed by atoms with Crippen LogP contribution in [0.4, 0.5) is 0 Å². The number of nitrogens with zero attached hydrogens (tertiary/aromatic N) is 1. The van der Waals surface area contributed by atoms with Crippen LogP contribution in [0.3, 0.4) is 0 Å². The highest BCUT2D eigenvalue weighted by Crippen LogP contribution is 2.44. The summed E-state index contributed by atoms with van der Waals surface area (Å²) in [6.07, 6.45) is 1.42. The Labute approximate surface area is 170 Å². The first kappa shape index (κ1) is 20.8. The molecule has 1 fully saturated rings. The van der Waals surface area contributed by atoms with Gasteiger partial charge in [-0.15, -0.1) is 0 Å². The van der Waals surface area contributed by atoms with Crippen molar-refractivity contribution in [1.82, 2.24) is 4.90 Å². The number of aliphatic carboxylic acids is 1. The van der Waals surface area contributed by atoms with E-state index in [1.165, 1.54) is 0 Å². The summed E-state index contributed by atoms with van der Waals surface area (Å²) >= 11 is 0. The fourth-order valence-corrected chi connectivity index (χ4v) is 3.99. The normalized spacial score (nSPS) is 17.6. The molecule has 0 spiro atoms. The highest BCUT2D eigenvalue weighted by Gasteiger charge is 2.38. The molecule has 1 aliphatic heterocycles. The highest BCUT2D eigenvalue weighted by molar-refractivity contribution is 5.74. The number of rotatable bonds is 8. The van der Waals surface area contributed by atoms with Crippen molar-refractivity contribution in [1.29, 1.82) is 0 Å². The number of benzene rings is 2. The van der Waals surface area contributed by atoms with Crippen LogP contribution in [0.15, 0.2) is 36.4 Å². The lowest BCUT2D eigenvalue weighted by Crippen LogP contribution is -2.39. The zero-order valence-electron chi connectivity index (χ0n) is 17.2. The molecule has 1 saturated heterocycles. The van der Waals surface area contributed by atoms with Gasteiger partial charge in [-0.25, -0.2) is 0 Å². The summed E-state index contributed by atoms with van der Waals surface area (Å²) in [5.41, 5.74) is 1.73. The van der Waals surface area contributed by atoms with Gasteiger partial charge in [-0.05, 0) is 36.6 Å². The Balaban J connectivity index is 2.21. The molecule has 2 unspecified atom stereocenters. The molecule has 1 N–H and O–H groups in total. The molecule has 7 nitrogen and oxygen atoms in total. The summed E-state index contributed by atoms with van der Waals surface area (Å²) in [7, 11) is 6.34. The third-order valence-corrected chi connectivity index (χ3v) is 5.35. The van der Waals surface area contributed by atoms with Crippen LogP contribution in [0.1, 0.15) is 30.0 Å². The number of methoxy groups -OCH3 is 4. The maximum atomic E-state index is 11.9. The minimum absolute atomic E-state index is 0.344. The molecule has 0 amide bonds. The van der Waals surface area contributed by atoms with E-state index in [1.807, 2.05) is 35.2 Å². The fraction of sp³-hybridized carbons (Fsp3) is 0.409. The predicted molar refractivity (Wildman–Crippen MR) is 108 cm³/mol. The third kappa shape index (κ3) is 4.10. The average Bonchev–Trinajstić information content (AvgIpc) is 3.23. The molecule has 2 atom stereocenters. The first-order valence-corrected chi connectivity index (χ1v) is 9.46. The van der Waals surface area contributed by atoms with E-state index >= 15 is 0 Å². The van der Waals surface area contributed by atoms with Gasteiger partial charge in [0, 0.05) is 18.2 Å². The highest BCUT2D eigenvalue weighted by atomic mass is 16.5. The topological polar surface area (TPSA) is 77.5 Å². The van der Waals surface area contributed by atoms with E-state index in [-0.39, 0.29) is 6.04 Å². The lowest BCUT2D eigenvalue weighted by atomic mass is 9.94. The Bertz CT molecular complexity index is 868. The van der Waals surface area contributed by atoms with Gasteiger partial charge >= 0.3 is 5.97 Å². The maximum absolute atomic E-state index is 11.9. The van der Waals surface area contributed by atoms with Gasteiger partial charge in [0.15, 0.2) is 11.5 Å². The third-order valence-electron chi connectivity index (χ3n) is 5.35. The molecule has 1 heterocycles. The zero-order valence-corrected chi connectivity index (χ0v) is 17.2. The van der Waals surface area contributed by atoms with E-state index in [0.29, 0.717) is 36.0 Å². The summed E-state index contributed by atoms with van der Waals surface area (Å²) in [6, 6.07) is 10.4. The summed E-state index contributed by atoms with van der Waals surface area (Å²) in [5, 5.41) is 9.79. The van der Waals surface area contributed by atoms with Crippen LogP contribution in [0.25, 0.3) is 0 Å². The predicted octanol–water partition coefficient (Wildman–Crippen LogP) is 3.36. The second-order valence-electron chi connectivity index (χ2n) is 6.86. The second-order valence-corrected chi connectivity index (χ2v) is 6.86. The minimum Gasteiger partial charge on any atom is -0.497 e. The molecule has 2 aromatic rings. The molecule has 3 rings (SSSR count). The number of carbonyl (C=O) groups is 1. The van der Waals surface area contributed by atoms with Crippen molar-refractivity contribution in [3.8, 4) is 23.0 Å². The average molecular weight is 401 g/mol. The van der Waals surface area contributed by atoms with Crippen molar-refractivity contribution in [2.45, 2.75) is 24.9 Å². The Morgan fingerprint density at radius 2 is 1.69 bits per heavy atom. The van der Waals surface area contributed by atoms with Crippen LogP contribution in [-0.4, -0.2) is 57.0 Å². The minimum atomic E-state index is -0.824. The summed E-state index contributed by atoms with van der Waals surface area (Å²) < 4.78 is 22.0. The SMILES string of the molecule is COc1cccc(C(c2cc(OC)c(OC)cc2OC)N2CCCC2C(=O)O)c1. The Morgan fingerprint density at radius 3 is 2.31 bits per heavy atom. The summed E-state index contributed by atoms with van der Waals surface area (Å²) in [4.78, 5) is 13.9. The molecule has 156 valence electrons. The molecule has 1 aliphatic rings. The molecule has 2 aromatic carbocycles. The standard InChI is InChI=1S/C22H27NO6/c1-26-15-8-5-7-14(11-15)21(23-10-6-9-17(23)22(24)25)16-12-19(28-3)20(29-4)13-18(16)27-2/h5,7-8,11-13,17,21H,6,9-10H2,1-4H3,(H,24,25). The van der Waals surface area contributed by atoms with E-state index in [2.05, 4.69) is 0 Å². The van der Waals surface area contributed by atoms with Crippen LogP contribution in [0, 0.1) is 0 Å². The number of hydrogen-bond donors (Lipinski definition) is 1. The molecular formula is C22H27NO6. The van der Waals surface area contributed by atoms with E-state index in [1.54, 1.807) is 34.5 Å². The Hall–Kier alpha value is -2.93. The van der Waals surface area contributed by atoms with Crippen molar-refractivity contribution in [2.75, 3.05) is 35.0 Å². The molecule has 7 heteroatoms. The molecule has 0 aromatic heterocycles. The number of carboxylic acids is 1. The first-order chi connectivity index (χ1) is 14.0. The Morgan fingerprint density at radius 1 is 1.00 bits per heavy atom. The molecule has 29 heavy (non-hydrogen) atoms. The van der Waals surface area contributed by atoms with E-state index in [0.717, 1.165) is 17.5 Å². The largest absolute Gasteiger partial charge is 0.497 e. The van der Waals surface area contributed by atoms with Crippen molar-refractivity contribution in [2.24, 2.45) is 0 Å². The van der Waals surface area contributed by atoms with Crippen LogP contribution in [0.5, 0.6) is 23.0 Å². The van der Waals surface area contributed by atoms with E-state index < -0.39 is 12.0 Å². The van der Waals surface area contributed by atoms with Gasteiger partial charge in [0.05, 0.1) is 34.5 Å². The molecule has 0 radical (unpaired) electrons. The van der Waals surface area contributed by atoms with Crippen molar-refractivity contribution < 1.29 is 28.8 Å². The van der Waals surface area contributed by atoms with Crippen LogP contribution in [-0.2, 0) is 4.79 Å². The number of ether oxygens (including phenoxy) is 4. The van der Waals surface area contributed by atoms with Crippen molar-refractivity contribution in [3.05, 3.63) is 47.5 Å². The van der Waals surface area contributed by atoms with Gasteiger partial charge in [0.25, 0.3) is 0 Å². The van der Waals surface area contributed by atoms with Crippen LogP contribution >= 0.6 is 0 Å². The van der Waals surface area contributed by atoms with E-state index in [4.69, 9.17) is 18.9 Å². The van der Waals surface area contributed by atoms with E-state index in [9.17, 15) is 9.90 Å². The summed E-state index contributed by atoms with van der Waals surface area (Å²) in [5.74, 6) is 1.59. The lowest BCUT2D eigenvalue weighted by molar-refractivity contribution is -0.142. The van der Waals surface area contributed by atoms with Gasteiger partial charge in [-0.3, -0.25) is 9.69 Å². The van der Waals surface area contributed by atoms with Gasteiger partial charge in [-0.1, -0.05) is 12.1 Å². The van der Waals surface area contributed by atoms with Crippen molar-refractivity contribution >= 4 is 5.97 Å². The monoisotopic (exact) mass is 401 g/mol. The number of likely N-dealkylation sites (tertiary alicyclic amines) is 1.